The third-order valence-electron chi connectivity index (χ3n) is 5.16. The molecule has 4 rings (SSSR count). The molecule has 0 bridgehead atoms. The molecule has 2 aliphatic rings. The van der Waals surface area contributed by atoms with E-state index in [2.05, 4.69) is 9.39 Å². The Hall–Kier alpha value is -3.51. The maximum Gasteiger partial charge on any atom is 0.283 e. The molecule has 2 heterocycles. The molecule has 0 aliphatic carbocycles. The second kappa shape index (κ2) is 10.2. The summed E-state index contributed by atoms with van der Waals surface area (Å²) in [6.07, 6.45) is 1.42. The van der Waals surface area contributed by atoms with Gasteiger partial charge in [-0.25, -0.2) is 17.7 Å². The summed E-state index contributed by atoms with van der Waals surface area (Å²) in [5.74, 6) is -1.01. The highest BCUT2D eigenvalue weighted by Gasteiger charge is 2.42. The van der Waals surface area contributed by atoms with E-state index in [1.165, 1.54) is 19.3 Å². The number of aliphatic imine (C=N–C) groups is 1. The van der Waals surface area contributed by atoms with Crippen LogP contribution in [0, 0.1) is 17.1 Å². The Bertz CT molecular complexity index is 1430. The summed E-state index contributed by atoms with van der Waals surface area (Å²) in [4.78, 5) is 17.7. The average molecular weight is 531 g/mol. The summed E-state index contributed by atoms with van der Waals surface area (Å²) < 4.78 is 54.6. The van der Waals surface area contributed by atoms with Crippen LogP contribution in [0.15, 0.2) is 57.4 Å². The van der Waals surface area contributed by atoms with E-state index < -0.39 is 15.7 Å². The lowest BCUT2D eigenvalue weighted by Crippen LogP contribution is -2.46. The van der Waals surface area contributed by atoms with Crippen molar-refractivity contribution in [2.75, 3.05) is 12.9 Å². The zero-order chi connectivity index (χ0) is 26.0. The zero-order valence-corrected chi connectivity index (χ0v) is 21.3. The van der Waals surface area contributed by atoms with Crippen LogP contribution in [0.2, 0.25) is 0 Å². The summed E-state index contributed by atoms with van der Waals surface area (Å²) in [7, 11) is -2.35. The van der Waals surface area contributed by atoms with Gasteiger partial charge in [-0.1, -0.05) is 38.1 Å². The average Bonchev–Trinajstić information content (AvgIpc) is 3.26. The number of halogens is 1. The fourth-order valence-electron chi connectivity index (χ4n) is 3.54. The van der Waals surface area contributed by atoms with Crippen LogP contribution in [0.25, 0.3) is 6.08 Å². The Kier molecular flexibility index (Phi) is 7.27. The Morgan fingerprint density at radius 1 is 1.19 bits per heavy atom. The van der Waals surface area contributed by atoms with Crippen LogP contribution in [0.3, 0.4) is 0 Å². The van der Waals surface area contributed by atoms with E-state index in [-0.39, 0.29) is 45.8 Å². The van der Waals surface area contributed by atoms with Crippen molar-refractivity contribution in [1.82, 2.24) is 4.90 Å². The van der Waals surface area contributed by atoms with E-state index in [1.54, 1.807) is 50.2 Å². The van der Waals surface area contributed by atoms with Gasteiger partial charge in [-0.3, -0.25) is 10.2 Å². The van der Waals surface area contributed by atoms with Crippen LogP contribution >= 0.6 is 11.9 Å². The van der Waals surface area contributed by atoms with Gasteiger partial charge in [0.15, 0.2) is 11.5 Å². The molecule has 2 aromatic rings. The largest absolute Gasteiger partial charge is 0.493 e. The monoisotopic (exact) mass is 530 g/mol. The summed E-state index contributed by atoms with van der Waals surface area (Å²) >= 11 is 0.749. The van der Waals surface area contributed by atoms with E-state index in [9.17, 15) is 17.6 Å². The number of carbonyl (C=O) groups excluding carboxylic acids is 1. The van der Waals surface area contributed by atoms with Crippen molar-refractivity contribution in [3.05, 3.63) is 65.0 Å². The fraction of sp³-hybridized carbons (Fsp3) is 0.250. The second-order valence-corrected chi connectivity index (χ2v) is 11.0. The van der Waals surface area contributed by atoms with Crippen molar-refractivity contribution in [1.29, 1.82) is 5.41 Å². The van der Waals surface area contributed by atoms with E-state index in [0.717, 1.165) is 16.8 Å². The fourth-order valence-corrected chi connectivity index (χ4v) is 6.28. The van der Waals surface area contributed by atoms with E-state index in [1.807, 2.05) is 0 Å². The van der Waals surface area contributed by atoms with Crippen molar-refractivity contribution < 1.29 is 27.1 Å². The lowest BCUT2D eigenvalue weighted by molar-refractivity contribution is -0.114. The number of carbonyl (C=O) groups is 1. The van der Waals surface area contributed by atoms with Crippen molar-refractivity contribution >= 4 is 49.9 Å². The molecule has 2 aromatic carbocycles. The number of nitrogens with one attached hydrogen (secondary N) is 1. The van der Waals surface area contributed by atoms with Crippen LogP contribution in [-0.2, 0) is 21.2 Å². The summed E-state index contributed by atoms with van der Waals surface area (Å²) in [6.45, 7) is 3.52. The van der Waals surface area contributed by atoms with Gasteiger partial charge in [-0.05, 0) is 35.8 Å². The zero-order valence-electron chi connectivity index (χ0n) is 19.7. The first-order valence-corrected chi connectivity index (χ1v) is 13.3. The van der Waals surface area contributed by atoms with Gasteiger partial charge in [0.05, 0.1) is 30.4 Å². The maximum atomic E-state index is 13.9. The number of benzene rings is 2. The Morgan fingerprint density at radius 3 is 2.64 bits per heavy atom. The summed E-state index contributed by atoms with van der Waals surface area (Å²) in [5.41, 5.74) is 0.775. The van der Waals surface area contributed by atoms with Gasteiger partial charge in [-0.2, -0.15) is 9.39 Å². The van der Waals surface area contributed by atoms with Crippen LogP contribution < -0.4 is 9.47 Å². The SMILES string of the molecule is COc1cc(/C=C2/C(=N)N3C(=NC2=O)SN=C3S(=O)(=O)CC(C)C)ccc1OCc1ccccc1F. The number of fused-ring (bicyclic) bond motifs is 1. The Labute approximate surface area is 212 Å². The molecule has 0 spiro atoms. The Morgan fingerprint density at radius 2 is 1.94 bits per heavy atom. The standard InChI is InChI=1S/C24H23FN4O5S2/c1-14(2)13-36(31,32)24-28-35-23-27-22(30)17(21(26)29(23)24)10-15-8-9-19(20(11-15)33-3)34-12-16-6-4-5-7-18(16)25/h4-11,14,26H,12-13H2,1-3H3/b17-10-,26-21?. The molecule has 9 nitrogen and oxygen atoms in total. The Balaban J connectivity index is 1.60. The minimum atomic E-state index is -3.79. The number of sulfone groups is 1. The molecule has 0 unspecified atom stereocenters. The van der Waals surface area contributed by atoms with Gasteiger partial charge in [0.1, 0.15) is 18.3 Å². The molecule has 36 heavy (non-hydrogen) atoms. The minimum absolute atomic E-state index is 0.0102. The van der Waals surface area contributed by atoms with Gasteiger partial charge >= 0.3 is 0 Å². The molecule has 0 radical (unpaired) electrons. The van der Waals surface area contributed by atoms with Gasteiger partial charge in [0, 0.05) is 5.56 Å². The maximum absolute atomic E-state index is 13.9. The molecule has 0 saturated heterocycles. The molecule has 0 atom stereocenters. The highest BCUT2D eigenvalue weighted by molar-refractivity contribution is 8.16. The molecule has 2 aliphatic heterocycles. The number of amides is 1. The molecule has 0 aromatic heterocycles. The molecule has 0 fully saturated rings. The molecule has 1 N–H and O–H groups in total. The van der Waals surface area contributed by atoms with Gasteiger partial charge < -0.3 is 9.47 Å². The van der Waals surface area contributed by atoms with Crippen LogP contribution in [-0.4, -0.2) is 48.3 Å². The number of amidine groups is 3. The number of hydrogen-bond acceptors (Lipinski definition) is 8. The van der Waals surface area contributed by atoms with Crippen LogP contribution in [0.5, 0.6) is 11.5 Å². The van der Waals surface area contributed by atoms with Gasteiger partial charge in [0.25, 0.3) is 5.91 Å². The predicted molar refractivity (Wildman–Crippen MR) is 137 cm³/mol. The van der Waals surface area contributed by atoms with E-state index >= 15 is 0 Å². The lowest BCUT2D eigenvalue weighted by atomic mass is 10.1. The van der Waals surface area contributed by atoms with Crippen LogP contribution in [0.1, 0.15) is 25.0 Å². The van der Waals surface area contributed by atoms with Crippen molar-refractivity contribution in [3.63, 3.8) is 0 Å². The van der Waals surface area contributed by atoms with E-state index in [4.69, 9.17) is 14.9 Å². The first-order chi connectivity index (χ1) is 17.1. The number of rotatable bonds is 7. The number of methoxy groups -OCH3 is 1. The highest BCUT2D eigenvalue weighted by Crippen LogP contribution is 2.33. The summed E-state index contributed by atoms with van der Waals surface area (Å²) in [5, 5.41) is 8.29. The van der Waals surface area contributed by atoms with E-state index in [0.29, 0.717) is 22.6 Å². The highest BCUT2D eigenvalue weighted by atomic mass is 32.2. The second-order valence-electron chi connectivity index (χ2n) is 8.37. The number of ether oxygens (including phenoxy) is 2. The topological polar surface area (TPSA) is 121 Å². The normalized spacial score (nSPS) is 16.8. The summed E-state index contributed by atoms with van der Waals surface area (Å²) in [6, 6.07) is 11.1. The van der Waals surface area contributed by atoms with Crippen molar-refractivity contribution in [2.45, 2.75) is 20.5 Å². The molecular weight excluding hydrogens is 507 g/mol. The minimum Gasteiger partial charge on any atom is -0.493 e. The quantitative estimate of drug-likeness (QED) is 0.423. The smallest absolute Gasteiger partial charge is 0.283 e. The lowest BCUT2D eigenvalue weighted by Gasteiger charge is -2.24. The van der Waals surface area contributed by atoms with Gasteiger partial charge in [-0.15, -0.1) is 0 Å². The molecule has 0 saturated carbocycles. The molecular formula is C24H23FN4O5S2. The third kappa shape index (κ3) is 5.19. The third-order valence-corrected chi connectivity index (χ3v) is 7.92. The van der Waals surface area contributed by atoms with Crippen molar-refractivity contribution in [2.24, 2.45) is 15.3 Å². The number of nitrogens with zero attached hydrogens (tertiary/aromatic N) is 3. The molecule has 188 valence electrons. The van der Waals surface area contributed by atoms with Crippen LogP contribution in [0.4, 0.5) is 4.39 Å². The first-order valence-electron chi connectivity index (χ1n) is 10.9. The van der Waals surface area contributed by atoms with Crippen molar-refractivity contribution in [3.8, 4) is 11.5 Å². The number of hydrogen-bond donors (Lipinski definition) is 1. The van der Waals surface area contributed by atoms with Gasteiger partial charge in [0.2, 0.25) is 20.2 Å². The first kappa shape index (κ1) is 25.6. The molecule has 12 heteroatoms. The molecule has 1 amide bonds. The predicted octanol–water partition coefficient (Wildman–Crippen LogP) is 4.06.